The van der Waals surface area contributed by atoms with E-state index in [-0.39, 0.29) is 5.92 Å². The number of fused-ring (bicyclic) bond motifs is 1. The van der Waals surface area contributed by atoms with E-state index >= 15 is 0 Å². The molecule has 0 aliphatic heterocycles. The van der Waals surface area contributed by atoms with Crippen LogP contribution in [0.3, 0.4) is 0 Å². The summed E-state index contributed by atoms with van der Waals surface area (Å²) >= 11 is 0. The second-order valence-electron chi connectivity index (χ2n) is 5.13. The molecule has 3 heteroatoms. The Morgan fingerprint density at radius 3 is 2.12 bits per heavy atom. The maximum Gasteiger partial charge on any atom is 0.126 e. The van der Waals surface area contributed by atoms with E-state index in [9.17, 15) is 13.9 Å². The fourth-order valence-corrected chi connectivity index (χ4v) is 3.04. The van der Waals surface area contributed by atoms with E-state index in [0.29, 0.717) is 5.56 Å². The fraction of sp³-hybridized carbons (Fsp3) is 0.538. The van der Waals surface area contributed by atoms with Gasteiger partial charge in [0.1, 0.15) is 11.6 Å². The quantitative estimate of drug-likeness (QED) is 0.818. The van der Waals surface area contributed by atoms with Gasteiger partial charge in [-0.2, -0.15) is 0 Å². The summed E-state index contributed by atoms with van der Waals surface area (Å²) in [6.45, 7) is 0. The van der Waals surface area contributed by atoms with Crippen molar-refractivity contribution in [1.29, 1.82) is 0 Å². The third-order valence-corrected chi connectivity index (χ3v) is 3.95. The zero-order valence-corrected chi connectivity index (χ0v) is 8.87. The predicted molar refractivity (Wildman–Crippen MR) is 55.6 cm³/mol. The highest BCUT2D eigenvalue weighted by Crippen LogP contribution is 2.57. The highest BCUT2D eigenvalue weighted by molar-refractivity contribution is 5.21. The first-order valence-electron chi connectivity index (χ1n) is 5.77. The van der Waals surface area contributed by atoms with E-state index in [1.165, 1.54) is 18.6 Å². The molecular formula is C13H14F2O. The molecule has 0 amide bonds. The minimum absolute atomic E-state index is 0.185. The molecule has 0 aromatic heterocycles. The van der Waals surface area contributed by atoms with Gasteiger partial charge in [0, 0.05) is 6.07 Å². The third kappa shape index (κ3) is 1.73. The van der Waals surface area contributed by atoms with E-state index in [1.807, 2.05) is 0 Å². The highest BCUT2D eigenvalue weighted by atomic mass is 19.1. The van der Waals surface area contributed by atoms with Crippen LogP contribution in [-0.2, 0) is 0 Å². The third-order valence-electron chi connectivity index (χ3n) is 3.95. The first-order chi connectivity index (χ1) is 7.63. The molecule has 2 fully saturated rings. The van der Waals surface area contributed by atoms with E-state index in [4.69, 9.17) is 0 Å². The Bertz CT molecular complexity index is 388. The topological polar surface area (TPSA) is 20.2 Å². The Balaban J connectivity index is 1.80. The number of hydrogen-bond acceptors (Lipinski definition) is 1. The van der Waals surface area contributed by atoms with Crippen molar-refractivity contribution in [2.24, 2.45) is 17.8 Å². The van der Waals surface area contributed by atoms with Gasteiger partial charge in [0.05, 0.1) is 6.10 Å². The van der Waals surface area contributed by atoms with Crippen molar-refractivity contribution in [2.75, 3.05) is 0 Å². The normalized spacial score (nSPS) is 33.6. The van der Waals surface area contributed by atoms with Crippen LogP contribution in [0.4, 0.5) is 8.78 Å². The van der Waals surface area contributed by atoms with Gasteiger partial charge >= 0.3 is 0 Å². The van der Waals surface area contributed by atoms with Crippen LogP contribution in [0.2, 0.25) is 0 Å². The molecule has 86 valence electrons. The Hall–Kier alpha value is -0.960. The van der Waals surface area contributed by atoms with Gasteiger partial charge in [-0.3, -0.25) is 0 Å². The zero-order chi connectivity index (χ0) is 11.3. The summed E-state index contributed by atoms with van der Waals surface area (Å²) in [4.78, 5) is 0. The van der Waals surface area contributed by atoms with Crippen LogP contribution in [0, 0.1) is 29.4 Å². The Kier molecular flexibility index (Phi) is 2.25. The van der Waals surface area contributed by atoms with Gasteiger partial charge in [-0.25, -0.2) is 8.78 Å². The minimum atomic E-state index is -0.710. The first-order valence-corrected chi connectivity index (χ1v) is 5.77. The summed E-state index contributed by atoms with van der Waals surface area (Å²) in [5.41, 5.74) is 0.379. The Morgan fingerprint density at radius 1 is 1.00 bits per heavy atom. The molecule has 2 saturated carbocycles. The lowest BCUT2D eigenvalue weighted by Crippen LogP contribution is -2.11. The Labute approximate surface area is 93.1 Å². The van der Waals surface area contributed by atoms with Crippen molar-refractivity contribution < 1.29 is 13.9 Å². The van der Waals surface area contributed by atoms with Gasteiger partial charge in [-0.15, -0.1) is 0 Å². The van der Waals surface area contributed by atoms with E-state index in [0.717, 1.165) is 30.7 Å². The number of rotatable bonds is 2. The van der Waals surface area contributed by atoms with Crippen LogP contribution >= 0.6 is 0 Å². The molecule has 3 atom stereocenters. The van der Waals surface area contributed by atoms with Crippen molar-refractivity contribution in [1.82, 2.24) is 0 Å². The smallest absolute Gasteiger partial charge is 0.126 e. The van der Waals surface area contributed by atoms with Gasteiger partial charge < -0.3 is 5.11 Å². The van der Waals surface area contributed by atoms with Crippen LogP contribution < -0.4 is 0 Å². The largest absolute Gasteiger partial charge is 0.388 e. The number of hydrogen-bond donors (Lipinski definition) is 1. The van der Waals surface area contributed by atoms with Gasteiger partial charge in [-0.05, 0) is 54.7 Å². The molecule has 1 nitrogen and oxygen atoms in total. The summed E-state index contributed by atoms with van der Waals surface area (Å²) < 4.78 is 26.0. The van der Waals surface area contributed by atoms with Crippen LogP contribution in [0.5, 0.6) is 0 Å². The molecule has 0 saturated heterocycles. The summed E-state index contributed by atoms with van der Waals surface area (Å²) in [5, 5.41) is 10.1. The van der Waals surface area contributed by atoms with Crippen molar-refractivity contribution >= 4 is 0 Å². The second-order valence-corrected chi connectivity index (χ2v) is 5.13. The van der Waals surface area contributed by atoms with Crippen LogP contribution in [0.25, 0.3) is 0 Å². The second kappa shape index (κ2) is 3.52. The van der Waals surface area contributed by atoms with Gasteiger partial charge in [0.25, 0.3) is 0 Å². The molecule has 0 heterocycles. The Morgan fingerprint density at radius 2 is 1.56 bits per heavy atom. The van der Waals surface area contributed by atoms with Gasteiger partial charge in [-0.1, -0.05) is 0 Å². The maximum absolute atomic E-state index is 13.0. The molecule has 0 spiro atoms. The lowest BCUT2D eigenvalue weighted by molar-refractivity contribution is 0.104. The van der Waals surface area contributed by atoms with E-state index in [1.54, 1.807) is 0 Å². The highest BCUT2D eigenvalue weighted by Gasteiger charge is 2.47. The molecule has 0 radical (unpaired) electrons. The molecular weight excluding hydrogens is 210 g/mol. The predicted octanol–water partition coefficient (Wildman–Crippen LogP) is 3.04. The number of halogens is 2. The summed E-state index contributed by atoms with van der Waals surface area (Å²) in [6, 6.07) is 3.30. The number of aliphatic hydroxyl groups is 1. The average molecular weight is 224 g/mol. The minimum Gasteiger partial charge on any atom is -0.388 e. The lowest BCUT2D eigenvalue weighted by Gasteiger charge is -2.19. The van der Waals surface area contributed by atoms with Crippen LogP contribution in [-0.4, -0.2) is 5.11 Å². The standard InChI is InChI=1S/C13H14F2O/c14-11-4-10(5-12(15)6-11)13(16)9-2-7-1-8(7)3-9/h4-9,13,16H,1-3H2. The molecule has 1 aromatic rings. The summed E-state index contributed by atoms with van der Waals surface area (Å²) in [6.07, 6.45) is 2.58. The molecule has 2 aliphatic carbocycles. The summed E-state index contributed by atoms with van der Waals surface area (Å²) in [7, 11) is 0. The van der Waals surface area contributed by atoms with Crippen molar-refractivity contribution in [3.63, 3.8) is 0 Å². The van der Waals surface area contributed by atoms with Crippen molar-refractivity contribution in [2.45, 2.75) is 25.4 Å². The average Bonchev–Trinajstić information content (AvgIpc) is 2.83. The number of benzene rings is 1. The lowest BCUT2D eigenvalue weighted by atomic mass is 9.91. The fourth-order valence-electron chi connectivity index (χ4n) is 3.04. The molecule has 0 bridgehead atoms. The van der Waals surface area contributed by atoms with E-state index < -0.39 is 17.7 Å². The van der Waals surface area contributed by atoms with Crippen LogP contribution in [0.1, 0.15) is 30.9 Å². The van der Waals surface area contributed by atoms with Crippen molar-refractivity contribution in [3.8, 4) is 0 Å². The molecule has 2 aliphatic rings. The monoisotopic (exact) mass is 224 g/mol. The van der Waals surface area contributed by atoms with Crippen molar-refractivity contribution in [3.05, 3.63) is 35.4 Å². The van der Waals surface area contributed by atoms with Gasteiger partial charge in [0.2, 0.25) is 0 Å². The SMILES string of the molecule is OC(c1cc(F)cc(F)c1)C1CC2CC2C1. The molecule has 16 heavy (non-hydrogen) atoms. The van der Waals surface area contributed by atoms with E-state index in [2.05, 4.69) is 0 Å². The first kappa shape index (κ1) is 10.2. The van der Waals surface area contributed by atoms with Gasteiger partial charge in [0.15, 0.2) is 0 Å². The molecule has 3 rings (SSSR count). The molecule has 3 unspecified atom stereocenters. The maximum atomic E-state index is 13.0. The molecule has 1 aromatic carbocycles. The summed E-state index contributed by atoms with van der Waals surface area (Å²) in [5.74, 6) is 0.482. The zero-order valence-electron chi connectivity index (χ0n) is 8.87. The molecule has 1 N–H and O–H groups in total. The number of aliphatic hydroxyl groups excluding tert-OH is 1. The van der Waals surface area contributed by atoms with Crippen LogP contribution in [0.15, 0.2) is 18.2 Å².